The molecule has 0 unspecified atom stereocenters. The molecule has 0 saturated carbocycles. The van der Waals surface area contributed by atoms with Crippen LogP contribution >= 0.6 is 0 Å². The van der Waals surface area contributed by atoms with Crippen LogP contribution in [0.1, 0.15) is 26.5 Å². The first-order valence-electron chi connectivity index (χ1n) is 8.83. The first-order chi connectivity index (χ1) is 14.0. The number of furan rings is 1. The Balaban J connectivity index is 1.53. The molecule has 0 bridgehead atoms. The monoisotopic (exact) mass is 389 g/mol. The molecule has 144 valence electrons. The molecule has 2 amide bonds. The molecule has 2 aromatic heterocycles. The van der Waals surface area contributed by atoms with Crippen molar-refractivity contribution < 1.29 is 18.4 Å². The van der Waals surface area contributed by atoms with E-state index in [4.69, 9.17) is 4.42 Å². The first kappa shape index (κ1) is 18.4. The van der Waals surface area contributed by atoms with E-state index in [-0.39, 0.29) is 11.7 Å². The molecule has 4 aromatic rings. The molecule has 0 aliphatic heterocycles. The summed E-state index contributed by atoms with van der Waals surface area (Å²) in [6.07, 6.45) is 3.07. The van der Waals surface area contributed by atoms with Crippen molar-refractivity contribution in [1.82, 2.24) is 4.98 Å². The summed E-state index contributed by atoms with van der Waals surface area (Å²) in [7, 11) is 0. The molecule has 0 aliphatic carbocycles. The number of aromatic nitrogens is 1. The summed E-state index contributed by atoms with van der Waals surface area (Å²) in [5.74, 6) is -1.04. The number of anilines is 2. The third-order valence-corrected chi connectivity index (χ3v) is 4.43. The van der Waals surface area contributed by atoms with Crippen LogP contribution < -0.4 is 10.6 Å². The number of benzene rings is 2. The summed E-state index contributed by atoms with van der Waals surface area (Å²) in [4.78, 5) is 28.8. The molecule has 29 heavy (non-hydrogen) atoms. The van der Waals surface area contributed by atoms with Gasteiger partial charge in [0.15, 0.2) is 5.76 Å². The summed E-state index contributed by atoms with van der Waals surface area (Å²) in [6.45, 7) is 1.70. The summed E-state index contributed by atoms with van der Waals surface area (Å²) < 4.78 is 19.1. The fraction of sp³-hybridized carbons (Fsp3) is 0.0455. The average Bonchev–Trinajstić information content (AvgIpc) is 3.05. The lowest BCUT2D eigenvalue weighted by Crippen LogP contribution is -2.14. The van der Waals surface area contributed by atoms with Gasteiger partial charge >= 0.3 is 0 Å². The van der Waals surface area contributed by atoms with Gasteiger partial charge < -0.3 is 15.1 Å². The van der Waals surface area contributed by atoms with Crippen molar-refractivity contribution in [2.45, 2.75) is 6.92 Å². The minimum atomic E-state index is -0.461. The number of nitrogens with one attached hydrogen (secondary N) is 2. The van der Waals surface area contributed by atoms with E-state index in [0.29, 0.717) is 33.5 Å². The second-order valence-electron chi connectivity index (χ2n) is 6.42. The molecule has 0 atom stereocenters. The number of hydrogen-bond acceptors (Lipinski definition) is 4. The minimum absolute atomic E-state index is 0.108. The smallest absolute Gasteiger partial charge is 0.291 e. The molecule has 0 fully saturated rings. The van der Waals surface area contributed by atoms with Gasteiger partial charge in [-0.2, -0.15) is 0 Å². The van der Waals surface area contributed by atoms with Crippen molar-refractivity contribution in [3.05, 3.63) is 89.7 Å². The Labute approximate surface area is 165 Å². The molecular formula is C22H16FN3O3. The van der Waals surface area contributed by atoms with Crippen molar-refractivity contribution in [1.29, 1.82) is 0 Å². The van der Waals surface area contributed by atoms with Crippen LogP contribution in [0.3, 0.4) is 0 Å². The third-order valence-electron chi connectivity index (χ3n) is 4.43. The van der Waals surface area contributed by atoms with E-state index in [1.807, 2.05) is 0 Å². The van der Waals surface area contributed by atoms with Crippen molar-refractivity contribution >= 4 is 34.2 Å². The standard InChI is InChI=1S/C22H16FN3O3/c1-13-18-11-15(23)5-6-19(18)29-20(13)22(28)26-17-4-2-3-16(12-17)25-21(27)14-7-9-24-10-8-14/h2-12H,1H3,(H,25,27)(H,26,28). The molecule has 6 nitrogen and oxygen atoms in total. The zero-order valence-corrected chi connectivity index (χ0v) is 15.4. The first-order valence-corrected chi connectivity index (χ1v) is 8.83. The van der Waals surface area contributed by atoms with E-state index in [1.165, 1.54) is 30.6 Å². The Hall–Kier alpha value is -4.00. The number of aryl methyl sites for hydroxylation is 1. The Morgan fingerprint density at radius 3 is 2.34 bits per heavy atom. The molecule has 0 aliphatic rings. The van der Waals surface area contributed by atoms with Crippen molar-refractivity contribution in [2.75, 3.05) is 10.6 Å². The lowest BCUT2D eigenvalue weighted by Gasteiger charge is -2.08. The maximum Gasteiger partial charge on any atom is 0.291 e. The van der Waals surface area contributed by atoms with E-state index in [2.05, 4.69) is 15.6 Å². The van der Waals surface area contributed by atoms with E-state index in [9.17, 15) is 14.0 Å². The van der Waals surface area contributed by atoms with Gasteiger partial charge in [0.25, 0.3) is 11.8 Å². The number of hydrogen-bond donors (Lipinski definition) is 2. The Bertz CT molecular complexity index is 1220. The van der Waals surface area contributed by atoms with Gasteiger partial charge in [0.1, 0.15) is 11.4 Å². The Morgan fingerprint density at radius 2 is 1.62 bits per heavy atom. The van der Waals surface area contributed by atoms with Crippen LogP contribution in [0, 0.1) is 12.7 Å². The molecule has 4 rings (SSSR count). The second-order valence-corrected chi connectivity index (χ2v) is 6.42. The predicted octanol–water partition coefficient (Wildman–Crippen LogP) is 4.78. The van der Waals surface area contributed by atoms with Gasteiger partial charge in [-0.15, -0.1) is 0 Å². The molecule has 2 N–H and O–H groups in total. The maximum absolute atomic E-state index is 13.5. The summed E-state index contributed by atoms with van der Waals surface area (Å²) in [6, 6.07) is 14.1. The largest absolute Gasteiger partial charge is 0.451 e. The number of halogens is 1. The summed E-state index contributed by atoms with van der Waals surface area (Å²) >= 11 is 0. The SMILES string of the molecule is Cc1c(C(=O)Nc2cccc(NC(=O)c3ccncc3)c2)oc2ccc(F)cc12. The molecule has 2 heterocycles. The normalized spacial score (nSPS) is 10.7. The van der Waals surface area contributed by atoms with Crippen LogP contribution in [-0.2, 0) is 0 Å². The van der Waals surface area contributed by atoms with Gasteiger partial charge in [0.2, 0.25) is 0 Å². The molecule has 0 spiro atoms. The third kappa shape index (κ3) is 3.84. The lowest BCUT2D eigenvalue weighted by molar-refractivity contribution is 0.0996. The van der Waals surface area contributed by atoms with Gasteiger partial charge in [-0.1, -0.05) is 6.07 Å². The maximum atomic E-state index is 13.5. The predicted molar refractivity (Wildman–Crippen MR) is 107 cm³/mol. The number of fused-ring (bicyclic) bond motifs is 1. The van der Waals surface area contributed by atoms with Crippen LogP contribution in [-0.4, -0.2) is 16.8 Å². The van der Waals surface area contributed by atoms with E-state index in [1.54, 1.807) is 43.3 Å². The van der Waals surface area contributed by atoms with E-state index >= 15 is 0 Å². The fourth-order valence-electron chi connectivity index (χ4n) is 2.98. The average molecular weight is 389 g/mol. The van der Waals surface area contributed by atoms with Gasteiger partial charge in [0, 0.05) is 40.3 Å². The zero-order valence-electron chi connectivity index (χ0n) is 15.4. The van der Waals surface area contributed by atoms with Crippen LogP contribution in [0.15, 0.2) is 71.4 Å². The Kier molecular flexibility index (Phi) is 4.78. The highest BCUT2D eigenvalue weighted by Gasteiger charge is 2.18. The van der Waals surface area contributed by atoms with Crippen LogP contribution in [0.25, 0.3) is 11.0 Å². The van der Waals surface area contributed by atoms with E-state index in [0.717, 1.165) is 0 Å². The van der Waals surface area contributed by atoms with Gasteiger partial charge in [-0.05, 0) is 55.5 Å². The summed E-state index contributed by atoms with van der Waals surface area (Å²) in [5, 5.41) is 6.06. The van der Waals surface area contributed by atoms with Crippen LogP contribution in [0.5, 0.6) is 0 Å². The quantitative estimate of drug-likeness (QED) is 0.526. The number of amides is 2. The number of rotatable bonds is 4. The van der Waals surface area contributed by atoms with Gasteiger partial charge in [-0.25, -0.2) is 4.39 Å². The van der Waals surface area contributed by atoms with Crippen LogP contribution in [0.2, 0.25) is 0 Å². The van der Waals surface area contributed by atoms with Crippen molar-refractivity contribution in [3.63, 3.8) is 0 Å². The van der Waals surface area contributed by atoms with Crippen molar-refractivity contribution in [2.24, 2.45) is 0 Å². The highest BCUT2D eigenvalue weighted by molar-refractivity contribution is 6.07. The topological polar surface area (TPSA) is 84.2 Å². The molecule has 2 aromatic carbocycles. The zero-order chi connectivity index (χ0) is 20.4. The highest BCUT2D eigenvalue weighted by atomic mass is 19.1. The minimum Gasteiger partial charge on any atom is -0.451 e. The Morgan fingerprint density at radius 1 is 0.931 bits per heavy atom. The second kappa shape index (κ2) is 7.55. The number of pyridine rings is 1. The van der Waals surface area contributed by atoms with Crippen molar-refractivity contribution in [3.8, 4) is 0 Å². The van der Waals surface area contributed by atoms with E-state index < -0.39 is 11.7 Å². The fourth-order valence-corrected chi connectivity index (χ4v) is 2.98. The summed E-state index contributed by atoms with van der Waals surface area (Å²) in [5.41, 5.74) is 2.47. The molecular weight excluding hydrogens is 373 g/mol. The lowest BCUT2D eigenvalue weighted by atomic mass is 10.1. The van der Waals surface area contributed by atoms with Crippen LogP contribution in [0.4, 0.5) is 15.8 Å². The van der Waals surface area contributed by atoms with Gasteiger partial charge in [0.05, 0.1) is 0 Å². The highest BCUT2D eigenvalue weighted by Crippen LogP contribution is 2.27. The molecule has 0 saturated heterocycles. The molecule has 0 radical (unpaired) electrons. The number of carbonyl (C=O) groups excluding carboxylic acids is 2. The van der Waals surface area contributed by atoms with Gasteiger partial charge in [-0.3, -0.25) is 14.6 Å². The molecule has 7 heteroatoms. The number of nitrogens with zero attached hydrogens (tertiary/aromatic N) is 1. The number of carbonyl (C=O) groups is 2.